The lowest BCUT2D eigenvalue weighted by atomic mass is 9.91. The van der Waals surface area contributed by atoms with Crippen LogP contribution in [0.3, 0.4) is 0 Å². The van der Waals surface area contributed by atoms with Gasteiger partial charge in [-0.3, -0.25) is 9.59 Å². The molecule has 2 aromatic rings. The van der Waals surface area contributed by atoms with Crippen LogP contribution in [0.4, 0.5) is 16.3 Å². The van der Waals surface area contributed by atoms with Crippen molar-refractivity contribution in [3.8, 4) is 5.88 Å². The van der Waals surface area contributed by atoms with Crippen LogP contribution in [0.1, 0.15) is 40.3 Å². The Morgan fingerprint density at radius 2 is 1.78 bits per heavy atom. The predicted octanol–water partition coefficient (Wildman–Crippen LogP) is 1.57. The van der Waals surface area contributed by atoms with Crippen LogP contribution in [0.5, 0.6) is 5.88 Å². The summed E-state index contributed by atoms with van der Waals surface area (Å²) in [4.78, 5) is 48.8. The molecule has 2 fully saturated rings. The van der Waals surface area contributed by atoms with Crippen LogP contribution in [0.2, 0.25) is 0 Å². The summed E-state index contributed by atoms with van der Waals surface area (Å²) < 4.78 is 16.4. The predicted molar refractivity (Wildman–Crippen MR) is 134 cm³/mol. The first kappa shape index (κ1) is 24.9. The molecule has 3 aliphatic heterocycles. The summed E-state index contributed by atoms with van der Waals surface area (Å²) in [7, 11) is 1.48. The van der Waals surface area contributed by atoms with Crippen molar-refractivity contribution in [2.24, 2.45) is 0 Å². The number of carbonyl (C=O) groups is 3. The van der Waals surface area contributed by atoms with E-state index in [2.05, 4.69) is 20.5 Å². The first-order chi connectivity index (χ1) is 17.8. The summed E-state index contributed by atoms with van der Waals surface area (Å²) in [6.07, 6.45) is 1.80. The van der Waals surface area contributed by atoms with Crippen LogP contribution in [0, 0.1) is 0 Å². The molecule has 0 bridgehead atoms. The Balaban J connectivity index is 1.24. The van der Waals surface area contributed by atoms with Crippen molar-refractivity contribution >= 4 is 29.4 Å². The Morgan fingerprint density at radius 3 is 2.49 bits per heavy atom. The monoisotopic (exact) mass is 512 g/mol. The van der Waals surface area contributed by atoms with E-state index >= 15 is 0 Å². The van der Waals surface area contributed by atoms with Crippen molar-refractivity contribution in [3.05, 3.63) is 35.3 Å². The normalized spacial score (nSPS) is 19.2. The third kappa shape index (κ3) is 5.06. The molecule has 5 heterocycles. The molecule has 5 rings (SSSR count). The number of piperazine rings is 1. The summed E-state index contributed by atoms with van der Waals surface area (Å²) in [6, 6.07) is 3.57. The fraction of sp³-hybridized carbons (Fsp3) is 0.520. The fourth-order valence-corrected chi connectivity index (χ4v) is 4.89. The maximum atomic E-state index is 13.0. The number of hydrogen-bond acceptors (Lipinski definition) is 8. The van der Waals surface area contributed by atoms with Gasteiger partial charge >= 0.3 is 6.03 Å². The minimum absolute atomic E-state index is 0.0465. The first-order valence-corrected chi connectivity index (χ1v) is 12.4. The van der Waals surface area contributed by atoms with Crippen molar-refractivity contribution < 1.29 is 28.3 Å². The number of carbonyl (C=O) groups excluding carboxylic acids is 3. The van der Waals surface area contributed by atoms with Crippen LogP contribution in [0.25, 0.3) is 0 Å². The van der Waals surface area contributed by atoms with Crippen molar-refractivity contribution in [1.82, 2.24) is 20.1 Å². The second kappa shape index (κ2) is 9.92. The van der Waals surface area contributed by atoms with E-state index in [1.54, 1.807) is 12.1 Å². The molecule has 2 N–H and O–H groups in total. The molecule has 0 saturated carbocycles. The molecule has 37 heavy (non-hydrogen) atoms. The van der Waals surface area contributed by atoms with Gasteiger partial charge in [0.05, 0.1) is 31.5 Å². The van der Waals surface area contributed by atoms with Crippen LogP contribution in [-0.2, 0) is 11.2 Å². The topological polar surface area (TPSA) is 129 Å². The number of fused-ring (bicyclic) bond motifs is 1. The number of urea groups is 1. The number of anilines is 2. The highest BCUT2D eigenvalue weighted by Crippen LogP contribution is 2.30. The fourth-order valence-electron chi connectivity index (χ4n) is 4.89. The van der Waals surface area contributed by atoms with Gasteiger partial charge in [0.2, 0.25) is 5.88 Å². The summed E-state index contributed by atoms with van der Waals surface area (Å²) in [5.41, 5.74) is 0.351. The van der Waals surface area contributed by atoms with Gasteiger partial charge in [-0.2, -0.15) is 4.98 Å². The molecule has 0 atom stereocenters. The molecule has 4 amide bonds. The molecule has 12 nitrogen and oxygen atoms in total. The Morgan fingerprint density at radius 1 is 1.08 bits per heavy atom. The second-order valence-electron chi connectivity index (χ2n) is 10.00. The number of nitrogens with one attached hydrogen (secondary N) is 2. The Bertz CT molecular complexity index is 1200. The molecule has 198 valence electrons. The highest BCUT2D eigenvalue weighted by molar-refractivity contribution is 6.13. The zero-order chi connectivity index (χ0) is 26.2. The van der Waals surface area contributed by atoms with Gasteiger partial charge in [-0.1, -0.05) is 0 Å². The molecule has 0 aliphatic carbocycles. The molecule has 3 aliphatic rings. The van der Waals surface area contributed by atoms with E-state index in [1.165, 1.54) is 13.4 Å². The van der Waals surface area contributed by atoms with Gasteiger partial charge < -0.3 is 39.2 Å². The van der Waals surface area contributed by atoms with Crippen molar-refractivity contribution in [1.29, 1.82) is 0 Å². The highest BCUT2D eigenvalue weighted by Gasteiger charge is 2.36. The molecule has 0 spiro atoms. The number of nitrogens with zero attached hydrogens (tertiary/aromatic N) is 4. The van der Waals surface area contributed by atoms with Crippen LogP contribution in [-0.4, -0.2) is 97.8 Å². The third-order valence-electron chi connectivity index (χ3n) is 6.84. The van der Waals surface area contributed by atoms with E-state index in [1.807, 2.05) is 23.6 Å². The number of morpholine rings is 1. The van der Waals surface area contributed by atoms with Crippen molar-refractivity contribution in [2.45, 2.75) is 25.8 Å². The number of ether oxygens (including phenoxy) is 2. The maximum Gasteiger partial charge on any atom is 0.320 e. The van der Waals surface area contributed by atoms with E-state index in [4.69, 9.17) is 13.9 Å². The zero-order valence-corrected chi connectivity index (χ0v) is 21.3. The Labute approximate surface area is 214 Å². The Kier molecular flexibility index (Phi) is 6.67. The first-order valence-electron chi connectivity index (χ1n) is 12.4. The number of hydrogen-bond donors (Lipinski definition) is 2. The standard InChI is InChI=1S/C25H32N6O6/c1-25(2)14-18-20(22(33)28-25)16(15-37-18)21(32)26-17-4-5-19(27-23(17)35-3)29-6-8-30(9-7-29)24(34)31-10-12-36-13-11-31/h4-5,15H,6-14H2,1-3H3,(H,26,32)(H,28,33). The van der Waals surface area contributed by atoms with Gasteiger partial charge in [-0.25, -0.2) is 4.79 Å². The number of amides is 4. The van der Waals surface area contributed by atoms with Crippen LogP contribution >= 0.6 is 0 Å². The van der Waals surface area contributed by atoms with Crippen molar-refractivity contribution in [3.63, 3.8) is 0 Å². The number of aromatic nitrogens is 1. The quantitative estimate of drug-likeness (QED) is 0.632. The summed E-state index contributed by atoms with van der Waals surface area (Å²) in [6.45, 7) is 8.62. The van der Waals surface area contributed by atoms with E-state index in [0.717, 1.165) is 0 Å². The van der Waals surface area contributed by atoms with Gasteiger partial charge in [0, 0.05) is 51.2 Å². The Hall–Kier alpha value is -3.80. The lowest BCUT2D eigenvalue weighted by Crippen LogP contribution is -2.55. The van der Waals surface area contributed by atoms with E-state index in [-0.39, 0.29) is 28.9 Å². The molecule has 12 heteroatoms. The number of rotatable bonds is 4. The van der Waals surface area contributed by atoms with Gasteiger partial charge in [0.15, 0.2) is 0 Å². The molecule has 2 saturated heterocycles. The highest BCUT2D eigenvalue weighted by atomic mass is 16.5. The minimum atomic E-state index is -0.483. The van der Waals surface area contributed by atoms with Crippen LogP contribution < -0.4 is 20.3 Å². The average Bonchev–Trinajstić information content (AvgIpc) is 3.32. The second-order valence-corrected chi connectivity index (χ2v) is 10.00. The smallest absolute Gasteiger partial charge is 0.320 e. The molecular weight excluding hydrogens is 480 g/mol. The molecule has 0 radical (unpaired) electrons. The molecule has 2 aromatic heterocycles. The van der Waals surface area contributed by atoms with Crippen molar-refractivity contribution in [2.75, 3.05) is 69.8 Å². The largest absolute Gasteiger partial charge is 0.479 e. The summed E-state index contributed by atoms with van der Waals surface area (Å²) >= 11 is 0. The third-order valence-corrected chi connectivity index (χ3v) is 6.84. The number of methoxy groups -OCH3 is 1. The molecule has 0 aromatic carbocycles. The lowest BCUT2D eigenvalue weighted by Gasteiger charge is -2.39. The number of furan rings is 1. The van der Waals surface area contributed by atoms with Crippen LogP contribution in [0.15, 0.2) is 22.8 Å². The van der Waals surface area contributed by atoms with Gasteiger partial charge in [0.1, 0.15) is 23.5 Å². The summed E-state index contributed by atoms with van der Waals surface area (Å²) in [5, 5.41) is 5.69. The average molecular weight is 513 g/mol. The number of pyridine rings is 1. The molecule has 0 unspecified atom stereocenters. The maximum absolute atomic E-state index is 13.0. The van der Waals surface area contributed by atoms with Gasteiger partial charge in [-0.15, -0.1) is 0 Å². The van der Waals surface area contributed by atoms with E-state index in [9.17, 15) is 14.4 Å². The van der Waals surface area contributed by atoms with Gasteiger partial charge in [0.25, 0.3) is 11.8 Å². The zero-order valence-electron chi connectivity index (χ0n) is 21.3. The SMILES string of the molecule is COc1nc(N2CCN(C(=O)N3CCOCC3)CC2)ccc1NC(=O)c1coc2c1C(=O)NC(C)(C)C2. The van der Waals surface area contributed by atoms with E-state index in [0.29, 0.717) is 76.2 Å². The van der Waals surface area contributed by atoms with Gasteiger partial charge in [-0.05, 0) is 26.0 Å². The lowest BCUT2D eigenvalue weighted by molar-refractivity contribution is 0.0428. The minimum Gasteiger partial charge on any atom is -0.479 e. The molecular formula is C25H32N6O6. The van der Waals surface area contributed by atoms with E-state index < -0.39 is 11.4 Å². The summed E-state index contributed by atoms with van der Waals surface area (Å²) in [5.74, 6) is 0.613.